The van der Waals surface area contributed by atoms with Gasteiger partial charge in [0, 0.05) is 18.8 Å². The molecule has 3 amide bonds. The van der Waals surface area contributed by atoms with E-state index in [9.17, 15) is 14.0 Å². The number of urea groups is 1. The number of halogens is 1. The minimum atomic E-state index is -0.658. The van der Waals surface area contributed by atoms with Crippen molar-refractivity contribution in [2.45, 2.75) is 39.3 Å². The number of aromatic nitrogens is 2. The maximum atomic E-state index is 13.3. The number of amides is 3. The lowest BCUT2D eigenvalue weighted by molar-refractivity contribution is 0.0236. The quantitative estimate of drug-likeness (QED) is 0.475. The Morgan fingerprint density at radius 3 is 2.44 bits per heavy atom. The average molecular weight is 491 g/mol. The minimum absolute atomic E-state index is 0.147. The van der Waals surface area contributed by atoms with Crippen molar-refractivity contribution in [2.75, 3.05) is 17.2 Å². The molecule has 2 aromatic carbocycles. The maximum Gasteiger partial charge on any atom is 0.410 e. The van der Waals surface area contributed by atoms with Gasteiger partial charge in [-0.05, 0) is 62.6 Å². The van der Waals surface area contributed by atoms with Gasteiger partial charge in [-0.2, -0.15) is 5.26 Å². The smallest absolute Gasteiger partial charge is 0.410 e. The summed E-state index contributed by atoms with van der Waals surface area (Å²) >= 11 is 0. The fraction of sp³-hybridized carbons (Fsp3) is 0.269. The number of carbonyl (C=O) groups excluding carboxylic acids is 2. The van der Waals surface area contributed by atoms with Gasteiger partial charge in [0.05, 0.1) is 12.4 Å². The molecule has 0 spiro atoms. The molecule has 0 aliphatic carbocycles. The fourth-order valence-corrected chi connectivity index (χ4v) is 3.17. The van der Waals surface area contributed by atoms with Crippen molar-refractivity contribution < 1.29 is 18.7 Å². The van der Waals surface area contributed by atoms with Crippen LogP contribution in [0.2, 0.25) is 0 Å². The Balaban J connectivity index is 1.64. The zero-order valence-electron chi connectivity index (χ0n) is 20.3. The van der Waals surface area contributed by atoms with Crippen LogP contribution in [0.5, 0.6) is 0 Å². The second-order valence-corrected chi connectivity index (χ2v) is 8.96. The van der Waals surface area contributed by atoms with E-state index in [0.717, 1.165) is 11.1 Å². The first-order valence-electron chi connectivity index (χ1n) is 11.2. The van der Waals surface area contributed by atoms with Crippen LogP contribution in [-0.2, 0) is 17.7 Å². The Kier molecular flexibility index (Phi) is 8.52. The second-order valence-electron chi connectivity index (χ2n) is 8.96. The van der Waals surface area contributed by atoms with Gasteiger partial charge >= 0.3 is 12.1 Å². The molecule has 186 valence electrons. The number of nitriles is 1. The normalized spacial score (nSPS) is 10.8. The van der Waals surface area contributed by atoms with Crippen LogP contribution in [0.1, 0.15) is 37.6 Å². The third-order valence-electron chi connectivity index (χ3n) is 4.80. The first-order chi connectivity index (χ1) is 17.1. The van der Waals surface area contributed by atoms with Gasteiger partial charge in [0.15, 0.2) is 11.5 Å². The van der Waals surface area contributed by atoms with Crippen LogP contribution in [0, 0.1) is 17.1 Å². The van der Waals surface area contributed by atoms with Gasteiger partial charge in [0.25, 0.3) is 0 Å². The summed E-state index contributed by atoms with van der Waals surface area (Å²) in [5, 5.41) is 14.1. The zero-order valence-corrected chi connectivity index (χ0v) is 20.3. The summed E-state index contributed by atoms with van der Waals surface area (Å²) in [7, 11) is 0. The largest absolute Gasteiger partial charge is 0.444 e. The molecule has 3 aromatic rings. The molecular weight excluding hydrogens is 463 g/mol. The van der Waals surface area contributed by atoms with Crippen LogP contribution >= 0.6 is 0 Å². The average Bonchev–Trinajstić information content (AvgIpc) is 2.82. The van der Waals surface area contributed by atoms with E-state index in [2.05, 4.69) is 20.6 Å². The van der Waals surface area contributed by atoms with Crippen molar-refractivity contribution in [1.29, 1.82) is 5.26 Å². The Labute approximate surface area is 208 Å². The summed E-state index contributed by atoms with van der Waals surface area (Å²) in [6.07, 6.45) is 2.59. The maximum absolute atomic E-state index is 13.3. The van der Waals surface area contributed by atoms with Crippen molar-refractivity contribution in [3.05, 3.63) is 83.6 Å². The van der Waals surface area contributed by atoms with Crippen LogP contribution in [0.3, 0.4) is 0 Å². The number of nitrogens with one attached hydrogen (secondary N) is 2. The monoisotopic (exact) mass is 490 g/mol. The molecule has 0 aliphatic heterocycles. The summed E-state index contributed by atoms with van der Waals surface area (Å²) < 4.78 is 18.8. The van der Waals surface area contributed by atoms with Crippen molar-refractivity contribution in [3.63, 3.8) is 0 Å². The Hall–Kier alpha value is -4.52. The predicted molar refractivity (Wildman–Crippen MR) is 133 cm³/mol. The molecule has 0 saturated carbocycles. The van der Waals surface area contributed by atoms with Crippen molar-refractivity contribution in [3.8, 4) is 6.07 Å². The van der Waals surface area contributed by atoms with E-state index in [1.165, 1.54) is 24.5 Å². The van der Waals surface area contributed by atoms with E-state index >= 15 is 0 Å². The molecule has 3 rings (SSSR count). The second kappa shape index (κ2) is 11.8. The van der Waals surface area contributed by atoms with Gasteiger partial charge in [-0.3, -0.25) is 5.32 Å². The number of ether oxygens (including phenoxy) is 1. The lowest BCUT2D eigenvalue weighted by Crippen LogP contribution is -2.37. The van der Waals surface area contributed by atoms with E-state index in [4.69, 9.17) is 10.00 Å². The Morgan fingerprint density at radius 1 is 1.06 bits per heavy atom. The summed E-state index contributed by atoms with van der Waals surface area (Å²) in [5.74, 6) is -0.140. The molecule has 1 heterocycles. The van der Waals surface area contributed by atoms with E-state index in [0.29, 0.717) is 18.7 Å². The molecule has 0 saturated heterocycles. The summed E-state index contributed by atoms with van der Waals surface area (Å²) in [6.45, 7) is 6.00. The van der Waals surface area contributed by atoms with E-state index in [1.54, 1.807) is 56.0 Å². The van der Waals surface area contributed by atoms with Gasteiger partial charge in [-0.15, -0.1) is 0 Å². The van der Waals surface area contributed by atoms with E-state index in [-0.39, 0.29) is 23.9 Å². The SMILES string of the molecule is CC(C)(C)OC(=O)N(CCc1cccc(NC(=O)Nc2cnc(C#N)cn2)c1)Cc1ccc(F)cc1. The summed E-state index contributed by atoms with van der Waals surface area (Å²) in [5.41, 5.74) is 1.70. The van der Waals surface area contributed by atoms with Crippen LogP contribution in [-0.4, -0.2) is 39.1 Å². The molecule has 0 aliphatic rings. The molecule has 10 heteroatoms. The number of anilines is 2. The lowest BCUT2D eigenvalue weighted by atomic mass is 10.1. The fourth-order valence-electron chi connectivity index (χ4n) is 3.17. The van der Waals surface area contributed by atoms with Crippen LogP contribution < -0.4 is 10.6 Å². The van der Waals surface area contributed by atoms with Crippen LogP contribution in [0.4, 0.5) is 25.5 Å². The number of hydrogen-bond donors (Lipinski definition) is 2. The Bertz CT molecular complexity index is 1230. The van der Waals surface area contributed by atoms with Crippen molar-refractivity contribution >= 4 is 23.6 Å². The van der Waals surface area contributed by atoms with Gasteiger partial charge in [0.1, 0.15) is 17.5 Å². The number of carbonyl (C=O) groups is 2. The molecule has 9 nitrogen and oxygen atoms in total. The molecule has 0 bridgehead atoms. The van der Waals surface area contributed by atoms with E-state index in [1.807, 2.05) is 12.1 Å². The third-order valence-corrected chi connectivity index (χ3v) is 4.80. The van der Waals surface area contributed by atoms with Gasteiger partial charge in [0.2, 0.25) is 0 Å². The number of rotatable bonds is 7. The highest BCUT2D eigenvalue weighted by Gasteiger charge is 2.22. The highest BCUT2D eigenvalue weighted by atomic mass is 19.1. The highest BCUT2D eigenvalue weighted by Crippen LogP contribution is 2.16. The molecule has 36 heavy (non-hydrogen) atoms. The first-order valence-corrected chi connectivity index (χ1v) is 11.2. The van der Waals surface area contributed by atoms with Crippen LogP contribution in [0.15, 0.2) is 60.9 Å². The molecule has 1 aromatic heterocycles. The molecular formula is C26H27FN6O3. The standard InChI is InChI=1S/C26H27FN6O3/c1-26(2,3)36-25(35)33(17-19-7-9-20(27)10-8-19)12-11-18-5-4-6-21(13-18)31-24(34)32-23-16-29-22(14-28)15-30-23/h4-10,13,15-16H,11-12,17H2,1-3H3,(H2,30,31,32,34). The number of benzene rings is 2. The van der Waals surface area contributed by atoms with Crippen molar-refractivity contribution in [2.24, 2.45) is 0 Å². The van der Waals surface area contributed by atoms with Gasteiger partial charge in [-0.25, -0.2) is 23.9 Å². The lowest BCUT2D eigenvalue weighted by Gasteiger charge is -2.27. The van der Waals surface area contributed by atoms with Crippen LogP contribution in [0.25, 0.3) is 0 Å². The Morgan fingerprint density at radius 2 is 1.81 bits per heavy atom. The number of nitrogens with zero attached hydrogens (tertiary/aromatic N) is 4. The first kappa shape index (κ1) is 26.1. The van der Waals surface area contributed by atoms with Gasteiger partial charge in [-0.1, -0.05) is 24.3 Å². The molecule has 0 fully saturated rings. The molecule has 0 radical (unpaired) electrons. The molecule has 0 atom stereocenters. The zero-order chi connectivity index (χ0) is 26.1. The highest BCUT2D eigenvalue weighted by molar-refractivity contribution is 5.99. The van der Waals surface area contributed by atoms with Gasteiger partial charge < -0.3 is 15.0 Å². The summed E-state index contributed by atoms with van der Waals surface area (Å²) in [4.78, 5) is 34.5. The summed E-state index contributed by atoms with van der Waals surface area (Å²) in [6, 6.07) is 14.5. The third kappa shape index (κ3) is 8.36. The molecule has 2 N–H and O–H groups in total. The number of hydrogen-bond acceptors (Lipinski definition) is 6. The molecule has 0 unspecified atom stereocenters. The topological polar surface area (TPSA) is 120 Å². The van der Waals surface area contributed by atoms with E-state index < -0.39 is 17.7 Å². The minimum Gasteiger partial charge on any atom is -0.444 e. The predicted octanol–water partition coefficient (Wildman–Crippen LogP) is 5.11. The van der Waals surface area contributed by atoms with Crippen molar-refractivity contribution in [1.82, 2.24) is 14.9 Å².